The van der Waals surface area contributed by atoms with E-state index in [0.29, 0.717) is 18.7 Å². The van der Waals surface area contributed by atoms with Gasteiger partial charge in [0, 0.05) is 49.0 Å². The summed E-state index contributed by atoms with van der Waals surface area (Å²) in [5.74, 6) is 0.114. The Bertz CT molecular complexity index is 956. The maximum atomic E-state index is 12.8. The second-order valence-electron chi connectivity index (χ2n) is 6.62. The maximum Gasteiger partial charge on any atom is 0.293 e. The molecule has 4 heterocycles. The van der Waals surface area contributed by atoms with Crippen LogP contribution in [0.4, 0.5) is 0 Å². The summed E-state index contributed by atoms with van der Waals surface area (Å²) in [5, 5.41) is 14.6. The number of likely N-dealkylation sites (tertiary alicyclic amines) is 1. The first-order chi connectivity index (χ1) is 12.5. The molecule has 0 aliphatic carbocycles. The van der Waals surface area contributed by atoms with E-state index in [1.54, 1.807) is 28.0 Å². The van der Waals surface area contributed by atoms with Crippen molar-refractivity contribution in [1.29, 1.82) is 0 Å². The van der Waals surface area contributed by atoms with Crippen molar-refractivity contribution in [1.82, 2.24) is 34.4 Å². The molecule has 0 saturated carbocycles. The summed E-state index contributed by atoms with van der Waals surface area (Å²) < 4.78 is 1.56. The van der Waals surface area contributed by atoms with Gasteiger partial charge in [0.15, 0.2) is 0 Å². The molecule has 4 rings (SSSR count). The Hall–Kier alpha value is -2.94. The van der Waals surface area contributed by atoms with E-state index >= 15 is 0 Å². The zero-order valence-corrected chi connectivity index (χ0v) is 14.6. The van der Waals surface area contributed by atoms with E-state index in [0.717, 1.165) is 17.1 Å². The summed E-state index contributed by atoms with van der Waals surface area (Å²) in [7, 11) is 0. The molecule has 3 aromatic rings. The first-order valence-electron chi connectivity index (χ1n) is 8.44. The standard InChI is InChI=1S/C17H19N7O2/c1-10-5-11(2)24-17(20-10)21-15(22-24)16(26)23-8-12(14(25)9-23)6-13-7-18-3-4-19-13/h3-5,7,12,14,25H,6,8-9H2,1-2H3/t12-,14-/m1/s1. The van der Waals surface area contributed by atoms with Crippen molar-refractivity contribution in [2.45, 2.75) is 26.4 Å². The Morgan fingerprint density at radius 1 is 1.27 bits per heavy atom. The molecule has 0 unspecified atom stereocenters. The molecular formula is C17H19N7O2. The second kappa shape index (κ2) is 6.41. The van der Waals surface area contributed by atoms with Crippen LogP contribution in [0.5, 0.6) is 0 Å². The van der Waals surface area contributed by atoms with Crippen molar-refractivity contribution in [2.24, 2.45) is 5.92 Å². The molecular weight excluding hydrogens is 334 g/mol. The minimum atomic E-state index is -0.611. The van der Waals surface area contributed by atoms with Crippen molar-refractivity contribution in [2.75, 3.05) is 13.1 Å². The van der Waals surface area contributed by atoms with Crippen molar-refractivity contribution in [3.8, 4) is 0 Å². The van der Waals surface area contributed by atoms with Crippen molar-refractivity contribution in [3.05, 3.63) is 47.6 Å². The van der Waals surface area contributed by atoms with Crippen LogP contribution in [0.15, 0.2) is 24.7 Å². The Morgan fingerprint density at radius 3 is 2.88 bits per heavy atom. The van der Waals surface area contributed by atoms with Gasteiger partial charge in [-0.25, -0.2) is 9.50 Å². The average molecular weight is 353 g/mol. The van der Waals surface area contributed by atoms with Gasteiger partial charge in [0.1, 0.15) is 0 Å². The van der Waals surface area contributed by atoms with E-state index in [4.69, 9.17) is 0 Å². The molecule has 9 heteroatoms. The van der Waals surface area contributed by atoms with Gasteiger partial charge in [-0.2, -0.15) is 4.98 Å². The minimum absolute atomic E-state index is 0.0882. The smallest absolute Gasteiger partial charge is 0.293 e. The molecule has 3 aromatic heterocycles. The molecule has 1 amide bonds. The van der Waals surface area contributed by atoms with Gasteiger partial charge in [-0.15, -0.1) is 5.10 Å². The van der Waals surface area contributed by atoms with Crippen LogP contribution in [0.3, 0.4) is 0 Å². The first-order valence-corrected chi connectivity index (χ1v) is 8.44. The van der Waals surface area contributed by atoms with Gasteiger partial charge < -0.3 is 10.0 Å². The number of fused-ring (bicyclic) bond motifs is 1. The van der Waals surface area contributed by atoms with Crippen LogP contribution >= 0.6 is 0 Å². The van der Waals surface area contributed by atoms with Crippen LogP contribution in [0.1, 0.15) is 27.7 Å². The van der Waals surface area contributed by atoms with Crippen LogP contribution in [-0.4, -0.2) is 64.7 Å². The molecule has 0 spiro atoms. The summed E-state index contributed by atoms with van der Waals surface area (Å²) in [5.41, 5.74) is 2.48. The molecule has 9 nitrogen and oxygen atoms in total. The summed E-state index contributed by atoms with van der Waals surface area (Å²) in [4.78, 5) is 31.2. The van der Waals surface area contributed by atoms with Crippen LogP contribution in [0, 0.1) is 19.8 Å². The molecule has 0 bridgehead atoms. The first kappa shape index (κ1) is 16.5. The molecule has 2 atom stereocenters. The third-order valence-corrected chi connectivity index (χ3v) is 4.59. The zero-order valence-electron chi connectivity index (χ0n) is 14.6. The number of carbonyl (C=O) groups is 1. The minimum Gasteiger partial charge on any atom is -0.391 e. The van der Waals surface area contributed by atoms with Crippen LogP contribution in [-0.2, 0) is 6.42 Å². The van der Waals surface area contributed by atoms with Crippen LogP contribution in [0.2, 0.25) is 0 Å². The van der Waals surface area contributed by atoms with E-state index in [-0.39, 0.29) is 24.2 Å². The molecule has 1 aliphatic heterocycles. The summed E-state index contributed by atoms with van der Waals surface area (Å²) in [6.45, 7) is 4.44. The molecule has 1 saturated heterocycles. The molecule has 26 heavy (non-hydrogen) atoms. The number of hydrogen-bond acceptors (Lipinski definition) is 7. The normalized spacial score (nSPS) is 20.0. The lowest BCUT2D eigenvalue weighted by Gasteiger charge is -2.13. The number of hydrogen-bond donors (Lipinski definition) is 1. The van der Waals surface area contributed by atoms with E-state index < -0.39 is 6.10 Å². The molecule has 0 radical (unpaired) electrons. The Kier molecular flexibility index (Phi) is 4.08. The summed E-state index contributed by atoms with van der Waals surface area (Å²) >= 11 is 0. The summed E-state index contributed by atoms with van der Waals surface area (Å²) in [6, 6.07) is 1.88. The molecule has 0 aromatic carbocycles. The molecule has 134 valence electrons. The number of aromatic nitrogens is 6. The fourth-order valence-corrected chi connectivity index (χ4v) is 3.32. The van der Waals surface area contributed by atoms with Crippen molar-refractivity contribution >= 4 is 11.7 Å². The van der Waals surface area contributed by atoms with Gasteiger partial charge in [-0.3, -0.25) is 14.8 Å². The van der Waals surface area contributed by atoms with Gasteiger partial charge in [-0.05, 0) is 26.3 Å². The third kappa shape index (κ3) is 3.01. The summed E-state index contributed by atoms with van der Waals surface area (Å²) in [6.07, 6.45) is 4.86. The van der Waals surface area contributed by atoms with Crippen LogP contribution < -0.4 is 0 Å². The quantitative estimate of drug-likeness (QED) is 0.716. The average Bonchev–Trinajstić information content (AvgIpc) is 3.19. The predicted octanol–water partition coefficient (Wildman–Crippen LogP) is 0.207. The number of nitrogens with zero attached hydrogens (tertiary/aromatic N) is 7. The van der Waals surface area contributed by atoms with E-state index in [2.05, 4.69) is 25.0 Å². The second-order valence-corrected chi connectivity index (χ2v) is 6.62. The van der Waals surface area contributed by atoms with Crippen LogP contribution in [0.25, 0.3) is 5.78 Å². The lowest BCUT2D eigenvalue weighted by Crippen LogP contribution is -2.30. The molecule has 1 aliphatic rings. The van der Waals surface area contributed by atoms with Crippen molar-refractivity contribution < 1.29 is 9.90 Å². The topological polar surface area (TPSA) is 109 Å². The maximum absolute atomic E-state index is 12.8. The van der Waals surface area contributed by atoms with Gasteiger partial charge in [-0.1, -0.05) is 0 Å². The van der Waals surface area contributed by atoms with E-state index in [1.807, 2.05) is 19.9 Å². The van der Waals surface area contributed by atoms with Gasteiger partial charge in [0.2, 0.25) is 5.82 Å². The lowest BCUT2D eigenvalue weighted by atomic mass is 10.0. The monoisotopic (exact) mass is 353 g/mol. The number of rotatable bonds is 3. The Morgan fingerprint density at radius 2 is 2.12 bits per heavy atom. The Balaban J connectivity index is 1.53. The van der Waals surface area contributed by atoms with Gasteiger partial charge in [0.05, 0.1) is 11.8 Å². The largest absolute Gasteiger partial charge is 0.391 e. The number of carbonyl (C=O) groups excluding carboxylic acids is 1. The molecule has 1 fully saturated rings. The van der Waals surface area contributed by atoms with Gasteiger partial charge in [0.25, 0.3) is 11.7 Å². The fraction of sp³-hybridized carbons (Fsp3) is 0.412. The number of aliphatic hydroxyl groups is 1. The SMILES string of the molecule is Cc1cc(C)n2nc(C(=O)N3C[C@@H](Cc4cnccn4)[C@H](O)C3)nc2n1. The predicted molar refractivity (Wildman–Crippen MR) is 91.4 cm³/mol. The lowest BCUT2D eigenvalue weighted by molar-refractivity contribution is 0.0753. The third-order valence-electron chi connectivity index (χ3n) is 4.59. The van der Waals surface area contributed by atoms with E-state index in [1.165, 1.54) is 0 Å². The highest BCUT2D eigenvalue weighted by molar-refractivity contribution is 5.91. The highest BCUT2D eigenvalue weighted by Gasteiger charge is 2.36. The zero-order chi connectivity index (χ0) is 18.3. The van der Waals surface area contributed by atoms with E-state index in [9.17, 15) is 9.90 Å². The van der Waals surface area contributed by atoms with Crippen molar-refractivity contribution in [3.63, 3.8) is 0 Å². The molecule has 1 N–H and O–H groups in total. The fourth-order valence-electron chi connectivity index (χ4n) is 3.32. The Labute approximate surface area is 149 Å². The number of amides is 1. The highest BCUT2D eigenvalue weighted by atomic mass is 16.3. The highest BCUT2D eigenvalue weighted by Crippen LogP contribution is 2.22. The van der Waals surface area contributed by atoms with Gasteiger partial charge >= 0.3 is 0 Å². The number of aryl methyl sites for hydroxylation is 2. The number of aliphatic hydroxyl groups excluding tert-OH is 1. The number of β-amino-alcohol motifs (C(OH)–C–C–N with tert-alkyl or cyclic N) is 1.